The smallest absolute Gasteiger partial charge is 0.267 e. The molecule has 1 saturated heterocycles. The van der Waals surface area contributed by atoms with Gasteiger partial charge in [0.15, 0.2) is 0 Å². The second-order valence-corrected chi connectivity index (χ2v) is 8.88. The van der Waals surface area contributed by atoms with Crippen LogP contribution in [0.2, 0.25) is 0 Å². The molecule has 7 heteroatoms. The van der Waals surface area contributed by atoms with Gasteiger partial charge in [-0.1, -0.05) is 6.07 Å². The summed E-state index contributed by atoms with van der Waals surface area (Å²) in [5.41, 5.74) is 2.00. The number of benzene rings is 1. The van der Waals surface area contributed by atoms with Crippen LogP contribution in [0, 0.1) is 12.7 Å². The molecule has 2 heterocycles. The Balaban J connectivity index is 1.40. The number of nitrogens with zero attached hydrogens (tertiary/aromatic N) is 2. The number of rotatable bonds is 3. The van der Waals surface area contributed by atoms with Crippen molar-refractivity contribution in [3.63, 3.8) is 0 Å². The number of fused-ring (bicyclic) bond motifs is 1. The summed E-state index contributed by atoms with van der Waals surface area (Å²) in [6.07, 6.45) is 4.05. The molecule has 4 rings (SSSR count). The largest absolute Gasteiger partial charge is 0.350 e. The molecule has 0 spiro atoms. The molecule has 2 aliphatic rings. The molecule has 1 saturated carbocycles. The molecule has 0 bridgehead atoms. The predicted octanol–water partition coefficient (Wildman–Crippen LogP) is 3.21. The zero-order chi connectivity index (χ0) is 21.4. The zero-order valence-electron chi connectivity index (χ0n) is 18.0. The lowest BCUT2D eigenvalue weighted by Gasteiger charge is -2.45. The lowest BCUT2D eigenvalue weighted by molar-refractivity contribution is -0.133. The number of aryl methyl sites for hydroxylation is 1. The van der Waals surface area contributed by atoms with Crippen molar-refractivity contribution in [3.05, 3.63) is 35.3 Å². The van der Waals surface area contributed by atoms with Crippen LogP contribution in [0.1, 0.15) is 55.6 Å². The van der Waals surface area contributed by atoms with Gasteiger partial charge in [0.25, 0.3) is 5.91 Å². The van der Waals surface area contributed by atoms with Gasteiger partial charge in [-0.25, -0.2) is 4.39 Å². The number of halogens is 1. The van der Waals surface area contributed by atoms with Crippen LogP contribution in [0.4, 0.5) is 4.39 Å². The molecule has 3 atom stereocenters. The molecule has 0 radical (unpaired) electrons. The lowest BCUT2D eigenvalue weighted by Crippen LogP contribution is -2.57. The van der Waals surface area contributed by atoms with Crippen molar-refractivity contribution in [2.45, 2.75) is 64.6 Å². The number of aromatic nitrogens is 1. The van der Waals surface area contributed by atoms with Gasteiger partial charge in [0.2, 0.25) is 5.91 Å². The summed E-state index contributed by atoms with van der Waals surface area (Å²) in [6, 6.07) is 5.50. The molecule has 30 heavy (non-hydrogen) atoms. The van der Waals surface area contributed by atoms with Crippen LogP contribution in [0.3, 0.4) is 0 Å². The van der Waals surface area contributed by atoms with E-state index in [1.54, 1.807) is 19.1 Å². The maximum absolute atomic E-state index is 14.1. The maximum atomic E-state index is 14.1. The molecular weight excluding hydrogens is 383 g/mol. The standard InChI is InChI=1S/C23H31FN4O2/c1-14-7-8-20(24)19-12-21(26-22(14)19)23(30)25-17-5-4-6-18(11-17)27-9-10-28(16(3)29)15(2)13-27/h7-8,12,15,17-18,26H,4-6,9-11,13H2,1-3H3,(H,25,30)/t15-,17+,18+/m0/s1. The summed E-state index contributed by atoms with van der Waals surface area (Å²) < 4.78 is 14.1. The fourth-order valence-electron chi connectivity index (χ4n) is 5.12. The lowest BCUT2D eigenvalue weighted by atomic mass is 9.89. The van der Waals surface area contributed by atoms with Gasteiger partial charge >= 0.3 is 0 Å². The molecule has 2 aromatic rings. The van der Waals surface area contributed by atoms with E-state index in [2.05, 4.69) is 22.1 Å². The molecule has 162 valence electrons. The second kappa shape index (κ2) is 8.38. The number of hydrogen-bond donors (Lipinski definition) is 2. The van der Waals surface area contributed by atoms with E-state index in [0.717, 1.165) is 50.9 Å². The zero-order valence-corrected chi connectivity index (χ0v) is 18.0. The number of hydrogen-bond acceptors (Lipinski definition) is 3. The Morgan fingerprint density at radius 2 is 2.03 bits per heavy atom. The van der Waals surface area contributed by atoms with Crippen LogP contribution in [0.25, 0.3) is 10.9 Å². The number of H-pyrrole nitrogens is 1. The van der Waals surface area contributed by atoms with Crippen LogP contribution in [0.15, 0.2) is 18.2 Å². The highest BCUT2D eigenvalue weighted by molar-refractivity contribution is 5.99. The maximum Gasteiger partial charge on any atom is 0.267 e. The molecule has 1 aromatic carbocycles. The van der Waals surface area contributed by atoms with Crippen LogP contribution in [-0.4, -0.2) is 64.4 Å². The Labute approximate surface area is 176 Å². The van der Waals surface area contributed by atoms with E-state index >= 15 is 0 Å². The molecule has 2 amide bonds. The molecule has 2 fully saturated rings. The summed E-state index contributed by atoms with van der Waals surface area (Å²) in [6.45, 7) is 8.17. The quantitative estimate of drug-likeness (QED) is 0.810. The number of carbonyl (C=O) groups is 2. The Morgan fingerprint density at radius 1 is 1.23 bits per heavy atom. The Morgan fingerprint density at radius 3 is 2.73 bits per heavy atom. The topological polar surface area (TPSA) is 68.4 Å². The number of aromatic amines is 1. The van der Waals surface area contributed by atoms with E-state index in [1.807, 2.05) is 11.8 Å². The van der Waals surface area contributed by atoms with Gasteiger partial charge in [0.1, 0.15) is 11.5 Å². The number of piperazine rings is 1. The van der Waals surface area contributed by atoms with Gasteiger partial charge in [-0.3, -0.25) is 14.5 Å². The third-order valence-electron chi connectivity index (χ3n) is 6.76. The average Bonchev–Trinajstić information content (AvgIpc) is 3.18. The number of carbonyl (C=O) groups excluding carboxylic acids is 2. The summed E-state index contributed by atoms with van der Waals surface area (Å²) in [5.74, 6) is -0.353. The average molecular weight is 415 g/mol. The molecular formula is C23H31FN4O2. The second-order valence-electron chi connectivity index (χ2n) is 8.88. The Bertz CT molecular complexity index is 917. The third kappa shape index (κ3) is 4.08. The molecule has 1 aromatic heterocycles. The molecule has 1 aliphatic heterocycles. The highest BCUT2D eigenvalue weighted by Gasteiger charge is 2.33. The fourth-order valence-corrected chi connectivity index (χ4v) is 5.12. The van der Waals surface area contributed by atoms with Crippen LogP contribution in [0.5, 0.6) is 0 Å². The van der Waals surface area contributed by atoms with Crippen molar-refractivity contribution in [2.24, 2.45) is 0 Å². The van der Waals surface area contributed by atoms with Gasteiger partial charge in [-0.2, -0.15) is 0 Å². The summed E-state index contributed by atoms with van der Waals surface area (Å²) in [7, 11) is 0. The van der Waals surface area contributed by atoms with Gasteiger partial charge < -0.3 is 15.2 Å². The van der Waals surface area contributed by atoms with Crippen molar-refractivity contribution in [3.8, 4) is 0 Å². The first-order chi connectivity index (χ1) is 14.3. The van der Waals surface area contributed by atoms with Crippen molar-refractivity contribution in [1.82, 2.24) is 20.1 Å². The van der Waals surface area contributed by atoms with Gasteiger partial charge in [0.05, 0.1) is 5.52 Å². The number of amides is 2. The van der Waals surface area contributed by atoms with E-state index in [4.69, 9.17) is 0 Å². The molecule has 2 N–H and O–H groups in total. The van der Waals surface area contributed by atoms with Crippen molar-refractivity contribution in [2.75, 3.05) is 19.6 Å². The summed E-state index contributed by atoms with van der Waals surface area (Å²) >= 11 is 0. The Hall–Kier alpha value is -2.41. The molecule has 0 unspecified atom stereocenters. The third-order valence-corrected chi connectivity index (χ3v) is 6.76. The Kier molecular flexibility index (Phi) is 5.82. The van der Waals surface area contributed by atoms with Crippen LogP contribution < -0.4 is 5.32 Å². The fraction of sp³-hybridized carbons (Fsp3) is 0.565. The van der Waals surface area contributed by atoms with Crippen LogP contribution in [-0.2, 0) is 4.79 Å². The molecule has 1 aliphatic carbocycles. The highest BCUT2D eigenvalue weighted by atomic mass is 19.1. The van der Waals surface area contributed by atoms with Gasteiger partial charge in [0, 0.05) is 50.1 Å². The van der Waals surface area contributed by atoms with E-state index in [9.17, 15) is 14.0 Å². The molecule has 6 nitrogen and oxygen atoms in total. The van der Waals surface area contributed by atoms with Crippen LogP contribution >= 0.6 is 0 Å². The summed E-state index contributed by atoms with van der Waals surface area (Å²) in [5, 5.41) is 3.62. The van der Waals surface area contributed by atoms with Crippen molar-refractivity contribution < 1.29 is 14.0 Å². The first-order valence-corrected chi connectivity index (χ1v) is 10.9. The minimum atomic E-state index is -0.317. The van der Waals surface area contributed by atoms with Gasteiger partial charge in [-0.15, -0.1) is 0 Å². The van der Waals surface area contributed by atoms with E-state index in [-0.39, 0.29) is 29.7 Å². The highest BCUT2D eigenvalue weighted by Crippen LogP contribution is 2.27. The number of nitrogens with one attached hydrogen (secondary N) is 2. The summed E-state index contributed by atoms with van der Waals surface area (Å²) in [4.78, 5) is 32.1. The SMILES string of the molecule is CC(=O)N1CCN([C@@H]2CCC[C@@H](NC(=O)c3cc4c(F)ccc(C)c4[nH]3)C2)C[C@@H]1C. The predicted molar refractivity (Wildman–Crippen MR) is 115 cm³/mol. The van der Waals surface area contributed by atoms with Gasteiger partial charge in [-0.05, 0) is 57.2 Å². The first-order valence-electron chi connectivity index (χ1n) is 10.9. The first kappa shape index (κ1) is 20.8. The minimum Gasteiger partial charge on any atom is -0.350 e. The minimum absolute atomic E-state index is 0.106. The monoisotopic (exact) mass is 414 g/mol. The van der Waals surface area contributed by atoms with Crippen molar-refractivity contribution in [1.29, 1.82) is 0 Å². The van der Waals surface area contributed by atoms with Crippen molar-refractivity contribution >= 4 is 22.7 Å². The van der Waals surface area contributed by atoms with E-state index in [0.29, 0.717) is 22.6 Å². The normalized spacial score (nSPS) is 25.5. The van der Waals surface area contributed by atoms with E-state index in [1.165, 1.54) is 6.07 Å². The van der Waals surface area contributed by atoms with E-state index < -0.39 is 0 Å².